The smallest absolute Gasteiger partial charge is 0.273 e. The second-order valence-electron chi connectivity index (χ2n) is 6.87. The summed E-state index contributed by atoms with van der Waals surface area (Å²) in [5.41, 5.74) is 0.495. The Labute approximate surface area is 186 Å². The lowest BCUT2D eigenvalue weighted by molar-refractivity contribution is -0.385. The van der Waals surface area contributed by atoms with Crippen LogP contribution in [0.25, 0.3) is 17.4 Å². The Hall–Kier alpha value is -4.18. The van der Waals surface area contributed by atoms with E-state index in [-0.39, 0.29) is 27.8 Å². The van der Waals surface area contributed by atoms with Gasteiger partial charge in [-0.25, -0.2) is 9.29 Å². The van der Waals surface area contributed by atoms with Crippen molar-refractivity contribution in [3.8, 4) is 11.3 Å². The molecule has 1 aliphatic heterocycles. The fraction of sp³-hybridized carbons (Fsp3) is 0.0455. The van der Waals surface area contributed by atoms with E-state index in [4.69, 9.17) is 16.6 Å². The maximum atomic E-state index is 14.2. The van der Waals surface area contributed by atoms with Crippen molar-refractivity contribution in [1.82, 2.24) is 5.32 Å². The summed E-state index contributed by atoms with van der Waals surface area (Å²) in [6, 6.07) is 13.2. The molecule has 8 nitrogen and oxygen atoms in total. The van der Waals surface area contributed by atoms with Crippen LogP contribution >= 0.6 is 12.2 Å². The Kier molecular flexibility index (Phi) is 5.37. The van der Waals surface area contributed by atoms with Gasteiger partial charge >= 0.3 is 0 Å². The average molecular weight is 451 g/mol. The number of carbonyl (C=O) groups excluding carboxylic acids is 2. The van der Waals surface area contributed by atoms with Gasteiger partial charge in [0.1, 0.15) is 22.9 Å². The lowest BCUT2D eigenvalue weighted by atomic mass is 10.1. The number of hydrogen-bond donors (Lipinski definition) is 1. The number of para-hydroxylation sites is 1. The summed E-state index contributed by atoms with van der Waals surface area (Å²) in [6.45, 7) is 1.62. The number of benzene rings is 2. The summed E-state index contributed by atoms with van der Waals surface area (Å²) in [6.07, 6.45) is 1.21. The summed E-state index contributed by atoms with van der Waals surface area (Å²) in [4.78, 5) is 36.9. The second-order valence-corrected chi connectivity index (χ2v) is 7.26. The molecule has 4 rings (SSSR count). The standard InChI is InChI=1S/C22H14FN3O5S/c1-12-6-7-13(10-18(12)26(29)30)19-9-8-14(31-19)11-15-20(27)24-22(32)25(21(15)28)17-5-3-2-4-16(17)23/h2-11H,1H3,(H,24,27,32)/b15-11-. The minimum absolute atomic E-state index is 0.0605. The number of nitro groups is 1. The monoisotopic (exact) mass is 451 g/mol. The van der Waals surface area contributed by atoms with Crippen LogP contribution in [0.3, 0.4) is 0 Å². The van der Waals surface area contributed by atoms with E-state index in [0.29, 0.717) is 16.9 Å². The van der Waals surface area contributed by atoms with Crippen molar-refractivity contribution in [2.75, 3.05) is 4.90 Å². The molecular weight excluding hydrogens is 437 g/mol. The highest BCUT2D eigenvalue weighted by atomic mass is 32.1. The van der Waals surface area contributed by atoms with Gasteiger partial charge in [0.2, 0.25) is 0 Å². The van der Waals surface area contributed by atoms with Crippen molar-refractivity contribution in [2.24, 2.45) is 0 Å². The largest absolute Gasteiger partial charge is 0.457 e. The number of furan rings is 1. The highest BCUT2D eigenvalue weighted by Gasteiger charge is 2.35. The molecular formula is C22H14FN3O5S. The van der Waals surface area contributed by atoms with Gasteiger partial charge in [0, 0.05) is 17.2 Å². The lowest BCUT2D eigenvalue weighted by Crippen LogP contribution is -2.54. The number of carbonyl (C=O) groups is 2. The predicted octanol–water partition coefficient (Wildman–Crippen LogP) is 4.13. The molecule has 0 radical (unpaired) electrons. The number of hydrogen-bond acceptors (Lipinski definition) is 6. The average Bonchev–Trinajstić information content (AvgIpc) is 3.21. The molecule has 2 aromatic carbocycles. The number of nitrogens with one attached hydrogen (secondary N) is 1. The van der Waals surface area contributed by atoms with Crippen molar-refractivity contribution in [1.29, 1.82) is 0 Å². The normalized spacial score (nSPS) is 15.2. The SMILES string of the molecule is Cc1ccc(-c2ccc(/C=C3/C(=O)NC(=S)N(c4ccccc4F)C3=O)o2)cc1[N+](=O)[O-]. The van der Waals surface area contributed by atoms with Crippen LogP contribution in [0.5, 0.6) is 0 Å². The number of aryl methyl sites for hydroxylation is 1. The molecule has 1 saturated heterocycles. The third-order valence-corrected chi connectivity index (χ3v) is 5.08. The molecule has 160 valence electrons. The molecule has 1 N–H and O–H groups in total. The van der Waals surface area contributed by atoms with E-state index in [1.807, 2.05) is 0 Å². The van der Waals surface area contributed by atoms with Crippen molar-refractivity contribution in [2.45, 2.75) is 6.92 Å². The molecule has 1 aliphatic rings. The first kappa shape index (κ1) is 21.1. The van der Waals surface area contributed by atoms with Crippen LogP contribution in [0.15, 0.2) is 64.6 Å². The molecule has 0 aliphatic carbocycles. The number of rotatable bonds is 4. The van der Waals surface area contributed by atoms with Crippen molar-refractivity contribution < 1.29 is 23.3 Å². The first-order valence-corrected chi connectivity index (χ1v) is 9.68. The maximum absolute atomic E-state index is 14.2. The van der Waals surface area contributed by atoms with E-state index in [1.54, 1.807) is 25.1 Å². The molecule has 3 aromatic rings. The summed E-state index contributed by atoms with van der Waals surface area (Å²) < 4.78 is 19.9. The highest BCUT2D eigenvalue weighted by Crippen LogP contribution is 2.30. The topological polar surface area (TPSA) is 106 Å². The van der Waals surface area contributed by atoms with Gasteiger partial charge in [-0.05, 0) is 49.5 Å². The minimum Gasteiger partial charge on any atom is -0.457 e. The van der Waals surface area contributed by atoms with E-state index < -0.39 is 22.6 Å². The third kappa shape index (κ3) is 3.79. The zero-order chi connectivity index (χ0) is 23.0. The first-order chi connectivity index (χ1) is 15.3. The Morgan fingerprint density at radius 1 is 1.16 bits per heavy atom. The zero-order valence-electron chi connectivity index (χ0n) is 16.5. The molecule has 0 saturated carbocycles. The van der Waals surface area contributed by atoms with E-state index in [2.05, 4.69) is 5.32 Å². The van der Waals surface area contributed by atoms with Gasteiger partial charge in [-0.2, -0.15) is 0 Å². The lowest BCUT2D eigenvalue weighted by Gasteiger charge is -2.28. The molecule has 0 unspecified atom stereocenters. The van der Waals surface area contributed by atoms with Gasteiger partial charge in [0.05, 0.1) is 10.6 Å². The Morgan fingerprint density at radius 2 is 1.91 bits per heavy atom. The number of amides is 2. The fourth-order valence-corrected chi connectivity index (χ4v) is 3.47. The minimum atomic E-state index is -0.812. The third-order valence-electron chi connectivity index (χ3n) is 4.80. The number of nitrogens with zero attached hydrogens (tertiary/aromatic N) is 2. The molecule has 2 amide bonds. The van der Waals surface area contributed by atoms with Crippen molar-refractivity contribution >= 4 is 46.6 Å². The van der Waals surface area contributed by atoms with Crippen LogP contribution in [0.2, 0.25) is 0 Å². The van der Waals surface area contributed by atoms with Crippen molar-refractivity contribution in [3.05, 3.63) is 87.4 Å². The van der Waals surface area contributed by atoms with Crippen LogP contribution in [0.1, 0.15) is 11.3 Å². The Morgan fingerprint density at radius 3 is 2.62 bits per heavy atom. The zero-order valence-corrected chi connectivity index (χ0v) is 17.3. The van der Waals surface area contributed by atoms with Gasteiger partial charge < -0.3 is 4.42 Å². The molecule has 32 heavy (non-hydrogen) atoms. The Balaban J connectivity index is 1.69. The van der Waals surface area contributed by atoms with Crippen LogP contribution in [0.4, 0.5) is 15.8 Å². The fourth-order valence-electron chi connectivity index (χ4n) is 3.20. The maximum Gasteiger partial charge on any atom is 0.273 e. The van der Waals surface area contributed by atoms with Gasteiger partial charge in [0.25, 0.3) is 17.5 Å². The van der Waals surface area contributed by atoms with E-state index >= 15 is 0 Å². The van der Waals surface area contributed by atoms with Crippen molar-refractivity contribution in [3.63, 3.8) is 0 Å². The summed E-state index contributed by atoms with van der Waals surface area (Å²) >= 11 is 5.05. The number of thiocarbonyl (C=S) groups is 1. The summed E-state index contributed by atoms with van der Waals surface area (Å²) in [7, 11) is 0. The van der Waals surface area contributed by atoms with Crippen LogP contribution < -0.4 is 10.2 Å². The van der Waals surface area contributed by atoms with Gasteiger partial charge in [-0.3, -0.25) is 25.0 Å². The van der Waals surface area contributed by atoms with Crippen LogP contribution in [-0.2, 0) is 9.59 Å². The molecule has 0 spiro atoms. The molecule has 10 heteroatoms. The molecule has 1 fully saturated rings. The second kappa shape index (κ2) is 8.16. The highest BCUT2D eigenvalue weighted by molar-refractivity contribution is 7.80. The van der Waals surface area contributed by atoms with E-state index in [0.717, 1.165) is 4.90 Å². The van der Waals surface area contributed by atoms with Crippen LogP contribution in [0, 0.1) is 22.9 Å². The van der Waals surface area contributed by atoms with Crippen LogP contribution in [-0.4, -0.2) is 21.9 Å². The molecule has 0 atom stereocenters. The molecule has 2 heterocycles. The predicted molar refractivity (Wildman–Crippen MR) is 118 cm³/mol. The van der Waals surface area contributed by atoms with E-state index in [9.17, 15) is 24.1 Å². The number of anilines is 1. The summed E-state index contributed by atoms with van der Waals surface area (Å²) in [5.74, 6) is -1.78. The number of nitro benzene ring substituents is 1. The van der Waals surface area contributed by atoms with Gasteiger partial charge in [-0.1, -0.05) is 24.3 Å². The Bertz CT molecular complexity index is 1330. The molecule has 1 aromatic heterocycles. The molecule has 0 bridgehead atoms. The first-order valence-electron chi connectivity index (χ1n) is 9.27. The summed E-state index contributed by atoms with van der Waals surface area (Å²) in [5, 5.41) is 13.3. The quantitative estimate of drug-likeness (QED) is 0.210. The van der Waals surface area contributed by atoms with Gasteiger partial charge in [0.15, 0.2) is 5.11 Å². The number of halogens is 1. The van der Waals surface area contributed by atoms with E-state index in [1.165, 1.54) is 42.5 Å². The van der Waals surface area contributed by atoms with Gasteiger partial charge in [-0.15, -0.1) is 0 Å².